The monoisotopic (exact) mass is 420 g/mol. The van der Waals surface area contributed by atoms with Gasteiger partial charge in [0.1, 0.15) is 5.75 Å². The van der Waals surface area contributed by atoms with Crippen molar-refractivity contribution in [3.63, 3.8) is 0 Å². The zero-order valence-corrected chi connectivity index (χ0v) is 16.8. The molecule has 2 N–H and O–H groups in total. The molecule has 0 unspecified atom stereocenters. The molecule has 6 heteroatoms. The molecular weight excluding hydrogens is 400 g/mol. The van der Waals surface area contributed by atoms with E-state index >= 15 is 0 Å². The zero-order chi connectivity index (χ0) is 18.4. The number of halogens is 1. The molecule has 0 radical (unpaired) electrons. The van der Waals surface area contributed by atoms with E-state index in [1.165, 1.54) is 0 Å². The Kier molecular flexibility index (Phi) is 6.96. The lowest BCUT2D eigenvalue weighted by Gasteiger charge is -2.12. The van der Waals surface area contributed by atoms with Crippen LogP contribution < -0.4 is 15.4 Å². The van der Waals surface area contributed by atoms with E-state index in [0.717, 1.165) is 15.7 Å². The second-order valence-corrected chi connectivity index (χ2v) is 7.39. The number of ether oxygens (including phenoxy) is 1. The molecule has 0 saturated heterocycles. The van der Waals surface area contributed by atoms with Crippen LogP contribution in [0.15, 0.2) is 46.9 Å². The second kappa shape index (κ2) is 8.97. The van der Waals surface area contributed by atoms with E-state index < -0.39 is 0 Å². The van der Waals surface area contributed by atoms with Crippen LogP contribution in [0.1, 0.15) is 29.8 Å². The molecule has 0 saturated carbocycles. The topological polar surface area (TPSA) is 50.4 Å². The fourth-order valence-electron chi connectivity index (χ4n) is 2.08. The average Bonchev–Trinajstić information content (AvgIpc) is 2.53. The first kappa shape index (κ1) is 19.4. The maximum absolute atomic E-state index is 12.3. The lowest BCUT2D eigenvalue weighted by Crippen LogP contribution is -2.34. The fraction of sp³-hybridized carbons (Fsp3) is 0.263. The van der Waals surface area contributed by atoms with Crippen LogP contribution in [0.4, 0.5) is 5.69 Å². The molecule has 132 valence electrons. The Bertz CT molecular complexity index is 778. The van der Waals surface area contributed by atoms with E-state index in [1.54, 1.807) is 18.2 Å². The van der Waals surface area contributed by atoms with Gasteiger partial charge in [0.2, 0.25) is 0 Å². The SMILES string of the molecule is Cc1cccc(NC(=S)NC(=O)c2ccc(OCC(C)C)c(Br)c2)c1. The molecule has 0 fully saturated rings. The van der Waals surface area contributed by atoms with Gasteiger partial charge in [0, 0.05) is 11.3 Å². The van der Waals surface area contributed by atoms with Crippen LogP contribution in [0.3, 0.4) is 0 Å². The Labute approximate surface area is 162 Å². The van der Waals surface area contributed by atoms with Crippen molar-refractivity contribution in [1.29, 1.82) is 0 Å². The highest BCUT2D eigenvalue weighted by atomic mass is 79.9. The van der Waals surface area contributed by atoms with Gasteiger partial charge < -0.3 is 10.1 Å². The molecule has 0 spiro atoms. The summed E-state index contributed by atoms with van der Waals surface area (Å²) in [5.74, 6) is 0.868. The normalized spacial score (nSPS) is 10.4. The van der Waals surface area contributed by atoms with Crippen molar-refractivity contribution >= 4 is 44.9 Å². The van der Waals surface area contributed by atoms with E-state index in [4.69, 9.17) is 17.0 Å². The van der Waals surface area contributed by atoms with Crippen LogP contribution in [0.2, 0.25) is 0 Å². The Hall–Kier alpha value is -1.92. The van der Waals surface area contributed by atoms with Crippen LogP contribution in [0, 0.1) is 12.8 Å². The Morgan fingerprint density at radius 3 is 2.64 bits per heavy atom. The van der Waals surface area contributed by atoms with Gasteiger partial charge in [0.05, 0.1) is 11.1 Å². The summed E-state index contributed by atoms with van der Waals surface area (Å²) in [6, 6.07) is 13.0. The highest BCUT2D eigenvalue weighted by molar-refractivity contribution is 9.10. The minimum absolute atomic E-state index is 0.256. The number of hydrogen-bond acceptors (Lipinski definition) is 3. The molecular formula is C19H21BrN2O2S. The van der Waals surface area contributed by atoms with Crippen molar-refractivity contribution < 1.29 is 9.53 Å². The molecule has 1 amide bonds. The van der Waals surface area contributed by atoms with E-state index in [0.29, 0.717) is 23.8 Å². The summed E-state index contributed by atoms with van der Waals surface area (Å²) in [5.41, 5.74) is 2.45. The quantitative estimate of drug-likeness (QED) is 0.673. The van der Waals surface area contributed by atoms with Gasteiger partial charge in [-0.2, -0.15) is 0 Å². The van der Waals surface area contributed by atoms with Crippen LogP contribution in [0.25, 0.3) is 0 Å². The largest absolute Gasteiger partial charge is 0.492 e. The van der Waals surface area contributed by atoms with E-state index in [1.807, 2.05) is 31.2 Å². The minimum Gasteiger partial charge on any atom is -0.492 e. The Balaban J connectivity index is 1.98. The molecule has 2 aromatic rings. The molecule has 4 nitrogen and oxygen atoms in total. The number of amides is 1. The summed E-state index contributed by atoms with van der Waals surface area (Å²) in [6.45, 7) is 6.78. The summed E-state index contributed by atoms with van der Waals surface area (Å²) >= 11 is 8.65. The number of carbonyl (C=O) groups excluding carboxylic acids is 1. The van der Waals surface area contributed by atoms with Gasteiger partial charge in [-0.05, 0) is 76.9 Å². The van der Waals surface area contributed by atoms with E-state index in [2.05, 4.69) is 40.4 Å². The molecule has 0 aliphatic carbocycles. The first-order valence-electron chi connectivity index (χ1n) is 7.96. The number of benzene rings is 2. The van der Waals surface area contributed by atoms with Crippen molar-refractivity contribution in [3.05, 3.63) is 58.1 Å². The average molecular weight is 421 g/mol. The van der Waals surface area contributed by atoms with Crippen LogP contribution in [0.5, 0.6) is 5.75 Å². The molecule has 0 heterocycles. The molecule has 0 aliphatic heterocycles. The van der Waals surface area contributed by atoms with E-state index in [9.17, 15) is 4.79 Å². The Morgan fingerprint density at radius 2 is 2.00 bits per heavy atom. The third-order valence-corrected chi connectivity index (χ3v) is 4.09. The predicted octanol–water partition coefficient (Wildman–Crippen LogP) is 4.92. The molecule has 0 bridgehead atoms. The van der Waals surface area contributed by atoms with Gasteiger partial charge in [-0.1, -0.05) is 26.0 Å². The summed E-state index contributed by atoms with van der Waals surface area (Å²) < 4.78 is 6.42. The van der Waals surface area contributed by atoms with Crippen molar-refractivity contribution in [1.82, 2.24) is 5.32 Å². The number of thiocarbonyl (C=S) groups is 1. The van der Waals surface area contributed by atoms with Crippen molar-refractivity contribution in [2.24, 2.45) is 5.92 Å². The van der Waals surface area contributed by atoms with Crippen molar-refractivity contribution in [2.45, 2.75) is 20.8 Å². The van der Waals surface area contributed by atoms with Gasteiger partial charge in [-0.25, -0.2) is 0 Å². The standard InChI is InChI=1S/C19H21BrN2O2S/c1-12(2)11-24-17-8-7-14(10-16(17)20)18(23)22-19(25)21-15-6-4-5-13(3)9-15/h4-10,12H,11H2,1-3H3,(H2,21,22,23,25). The fourth-order valence-corrected chi connectivity index (χ4v) is 2.78. The molecule has 0 aromatic heterocycles. The van der Waals surface area contributed by atoms with Gasteiger partial charge in [-0.15, -0.1) is 0 Å². The third-order valence-electron chi connectivity index (χ3n) is 3.27. The van der Waals surface area contributed by atoms with Crippen molar-refractivity contribution in [2.75, 3.05) is 11.9 Å². The second-order valence-electron chi connectivity index (χ2n) is 6.13. The number of carbonyl (C=O) groups is 1. The predicted molar refractivity (Wildman–Crippen MR) is 109 cm³/mol. The summed E-state index contributed by atoms with van der Waals surface area (Å²) in [7, 11) is 0. The van der Waals surface area contributed by atoms with Crippen LogP contribution in [-0.4, -0.2) is 17.6 Å². The zero-order valence-electron chi connectivity index (χ0n) is 14.4. The highest BCUT2D eigenvalue weighted by Gasteiger charge is 2.11. The lowest BCUT2D eigenvalue weighted by atomic mass is 10.2. The van der Waals surface area contributed by atoms with E-state index in [-0.39, 0.29) is 11.0 Å². The number of nitrogens with one attached hydrogen (secondary N) is 2. The number of anilines is 1. The molecule has 25 heavy (non-hydrogen) atoms. The van der Waals surface area contributed by atoms with Gasteiger partial charge in [0.15, 0.2) is 5.11 Å². The number of rotatable bonds is 5. The van der Waals surface area contributed by atoms with Crippen LogP contribution >= 0.6 is 28.1 Å². The minimum atomic E-state index is -0.277. The number of hydrogen-bond donors (Lipinski definition) is 2. The first-order valence-corrected chi connectivity index (χ1v) is 9.16. The smallest absolute Gasteiger partial charge is 0.257 e. The number of aryl methyl sites for hydroxylation is 1. The molecule has 0 aliphatic rings. The molecule has 0 atom stereocenters. The van der Waals surface area contributed by atoms with Crippen molar-refractivity contribution in [3.8, 4) is 5.75 Å². The first-order chi connectivity index (χ1) is 11.8. The molecule has 2 aromatic carbocycles. The lowest BCUT2D eigenvalue weighted by molar-refractivity contribution is 0.0977. The third kappa shape index (κ3) is 6.14. The van der Waals surface area contributed by atoms with Gasteiger partial charge in [0.25, 0.3) is 5.91 Å². The summed E-state index contributed by atoms with van der Waals surface area (Å²) in [5, 5.41) is 5.94. The molecule has 2 rings (SSSR count). The maximum atomic E-state index is 12.3. The van der Waals surface area contributed by atoms with Gasteiger partial charge >= 0.3 is 0 Å². The summed E-state index contributed by atoms with van der Waals surface area (Å²) in [6.07, 6.45) is 0. The summed E-state index contributed by atoms with van der Waals surface area (Å²) in [4.78, 5) is 12.3. The highest BCUT2D eigenvalue weighted by Crippen LogP contribution is 2.26. The maximum Gasteiger partial charge on any atom is 0.257 e. The van der Waals surface area contributed by atoms with Gasteiger partial charge in [-0.3, -0.25) is 10.1 Å². The van der Waals surface area contributed by atoms with Crippen LogP contribution in [-0.2, 0) is 0 Å². The Morgan fingerprint density at radius 1 is 1.24 bits per heavy atom.